The van der Waals surface area contributed by atoms with E-state index < -0.39 is 0 Å². The third-order valence-electron chi connectivity index (χ3n) is 3.52. The molecule has 4 heteroatoms. The van der Waals surface area contributed by atoms with Crippen LogP contribution in [0.2, 0.25) is 0 Å². The Kier molecular flexibility index (Phi) is 5.21. The van der Waals surface area contributed by atoms with Crippen molar-refractivity contribution < 1.29 is 9.53 Å². The molecule has 1 aliphatic heterocycles. The summed E-state index contributed by atoms with van der Waals surface area (Å²) in [5.41, 5.74) is 0.932. The van der Waals surface area contributed by atoms with Gasteiger partial charge in [0, 0.05) is 18.2 Å². The van der Waals surface area contributed by atoms with Crippen molar-refractivity contribution >= 4 is 5.91 Å². The van der Waals surface area contributed by atoms with Crippen LogP contribution in [-0.2, 0) is 11.2 Å². The van der Waals surface area contributed by atoms with Crippen LogP contribution in [-0.4, -0.2) is 32.1 Å². The first-order valence-corrected chi connectivity index (χ1v) is 6.91. The molecule has 0 bridgehead atoms. The van der Waals surface area contributed by atoms with Crippen molar-refractivity contribution in [2.24, 2.45) is 0 Å². The van der Waals surface area contributed by atoms with Gasteiger partial charge < -0.3 is 15.4 Å². The Morgan fingerprint density at radius 2 is 2.32 bits per heavy atom. The number of carbonyl (C=O) groups is 1. The van der Waals surface area contributed by atoms with E-state index in [1.165, 1.54) is 12.8 Å². The third kappa shape index (κ3) is 4.24. The Balaban J connectivity index is 1.74. The molecule has 1 fully saturated rings. The average Bonchev–Trinajstić information content (AvgIpc) is 2.92. The number of methoxy groups -OCH3 is 1. The molecule has 0 aliphatic carbocycles. The highest BCUT2D eigenvalue weighted by molar-refractivity contribution is 5.79. The normalized spacial score (nSPS) is 18.3. The zero-order chi connectivity index (χ0) is 13.5. The van der Waals surface area contributed by atoms with Gasteiger partial charge in [-0.2, -0.15) is 0 Å². The molecule has 19 heavy (non-hydrogen) atoms. The smallest absolute Gasteiger partial charge is 0.224 e. The monoisotopic (exact) mass is 262 g/mol. The lowest BCUT2D eigenvalue weighted by Crippen LogP contribution is -2.31. The first kappa shape index (κ1) is 13.9. The number of hydrogen-bond donors (Lipinski definition) is 2. The van der Waals surface area contributed by atoms with Crippen molar-refractivity contribution in [2.75, 3.05) is 20.2 Å². The molecule has 2 rings (SSSR count). The number of ether oxygens (including phenoxy) is 1. The number of hydrogen-bond acceptors (Lipinski definition) is 3. The van der Waals surface area contributed by atoms with Gasteiger partial charge in [-0.15, -0.1) is 0 Å². The minimum atomic E-state index is 0.0579. The average molecular weight is 262 g/mol. The van der Waals surface area contributed by atoms with Crippen LogP contribution in [0.1, 0.15) is 24.8 Å². The Labute approximate surface area is 114 Å². The maximum Gasteiger partial charge on any atom is 0.224 e. The quantitative estimate of drug-likeness (QED) is 0.817. The zero-order valence-electron chi connectivity index (χ0n) is 11.4. The fourth-order valence-corrected chi connectivity index (χ4v) is 2.47. The second-order valence-electron chi connectivity index (χ2n) is 4.92. The van der Waals surface area contributed by atoms with E-state index >= 15 is 0 Å². The second-order valence-corrected chi connectivity index (χ2v) is 4.92. The van der Waals surface area contributed by atoms with Gasteiger partial charge in [0.25, 0.3) is 0 Å². The fourth-order valence-electron chi connectivity index (χ4n) is 2.47. The van der Waals surface area contributed by atoms with Crippen LogP contribution in [0.3, 0.4) is 0 Å². The zero-order valence-corrected chi connectivity index (χ0v) is 11.4. The maximum absolute atomic E-state index is 11.9. The Bertz CT molecular complexity index is 414. The topological polar surface area (TPSA) is 50.4 Å². The van der Waals surface area contributed by atoms with Gasteiger partial charge in [-0.3, -0.25) is 4.79 Å². The van der Waals surface area contributed by atoms with Crippen molar-refractivity contribution in [1.29, 1.82) is 0 Å². The third-order valence-corrected chi connectivity index (χ3v) is 3.52. The van der Waals surface area contributed by atoms with Crippen LogP contribution >= 0.6 is 0 Å². The summed E-state index contributed by atoms with van der Waals surface area (Å²) in [6, 6.07) is 8.22. The molecule has 1 atom stereocenters. The van der Waals surface area contributed by atoms with Gasteiger partial charge in [0.1, 0.15) is 5.75 Å². The lowest BCUT2D eigenvalue weighted by Gasteiger charge is -2.11. The van der Waals surface area contributed by atoms with Crippen molar-refractivity contribution in [3.8, 4) is 5.75 Å². The Morgan fingerprint density at radius 3 is 3.05 bits per heavy atom. The SMILES string of the molecule is COc1ccccc1CC(=O)NCC[C@H]1CCCN1. The summed E-state index contributed by atoms with van der Waals surface area (Å²) in [4.78, 5) is 11.9. The van der Waals surface area contributed by atoms with Gasteiger partial charge in [0.05, 0.1) is 13.5 Å². The lowest BCUT2D eigenvalue weighted by molar-refractivity contribution is -0.120. The molecule has 0 radical (unpaired) electrons. The van der Waals surface area contributed by atoms with Crippen molar-refractivity contribution in [2.45, 2.75) is 31.7 Å². The van der Waals surface area contributed by atoms with Gasteiger partial charge in [0.15, 0.2) is 0 Å². The molecular weight excluding hydrogens is 240 g/mol. The molecule has 0 spiro atoms. The van der Waals surface area contributed by atoms with Gasteiger partial charge in [-0.05, 0) is 31.9 Å². The largest absolute Gasteiger partial charge is 0.496 e. The minimum Gasteiger partial charge on any atom is -0.496 e. The lowest BCUT2D eigenvalue weighted by atomic mass is 10.1. The van der Waals surface area contributed by atoms with E-state index in [4.69, 9.17) is 4.74 Å². The number of amides is 1. The summed E-state index contributed by atoms with van der Waals surface area (Å²) in [5, 5.41) is 6.40. The number of rotatable bonds is 6. The van der Waals surface area contributed by atoms with Gasteiger partial charge in [0.2, 0.25) is 5.91 Å². The number of carbonyl (C=O) groups excluding carboxylic acids is 1. The molecule has 2 N–H and O–H groups in total. The van der Waals surface area contributed by atoms with Crippen LogP contribution in [0.5, 0.6) is 5.75 Å². The van der Waals surface area contributed by atoms with E-state index in [1.54, 1.807) is 7.11 Å². The number of benzene rings is 1. The van der Waals surface area contributed by atoms with E-state index in [-0.39, 0.29) is 5.91 Å². The van der Waals surface area contributed by atoms with Crippen LogP contribution < -0.4 is 15.4 Å². The van der Waals surface area contributed by atoms with E-state index in [9.17, 15) is 4.79 Å². The number of nitrogens with one attached hydrogen (secondary N) is 2. The van der Waals surface area contributed by atoms with Gasteiger partial charge in [-0.1, -0.05) is 18.2 Å². The fraction of sp³-hybridized carbons (Fsp3) is 0.533. The Morgan fingerprint density at radius 1 is 1.47 bits per heavy atom. The highest BCUT2D eigenvalue weighted by atomic mass is 16.5. The van der Waals surface area contributed by atoms with Gasteiger partial charge >= 0.3 is 0 Å². The molecule has 0 aromatic heterocycles. The first-order chi connectivity index (χ1) is 9.29. The Hall–Kier alpha value is -1.55. The molecule has 0 unspecified atom stereocenters. The van der Waals surface area contributed by atoms with Crippen LogP contribution in [0.25, 0.3) is 0 Å². The van der Waals surface area contributed by atoms with Crippen LogP contribution in [0.4, 0.5) is 0 Å². The summed E-state index contributed by atoms with van der Waals surface area (Å²) in [5.74, 6) is 0.831. The predicted molar refractivity (Wildman–Crippen MR) is 75.3 cm³/mol. The van der Waals surface area contributed by atoms with Gasteiger partial charge in [-0.25, -0.2) is 0 Å². The second kappa shape index (κ2) is 7.14. The van der Waals surface area contributed by atoms with Crippen molar-refractivity contribution in [1.82, 2.24) is 10.6 Å². The molecule has 104 valence electrons. The van der Waals surface area contributed by atoms with Crippen molar-refractivity contribution in [3.63, 3.8) is 0 Å². The predicted octanol–water partition coefficient (Wildman–Crippen LogP) is 1.50. The molecule has 1 aromatic rings. The van der Waals surface area contributed by atoms with E-state index in [2.05, 4.69) is 10.6 Å². The number of para-hydroxylation sites is 1. The summed E-state index contributed by atoms with van der Waals surface area (Å²) >= 11 is 0. The van der Waals surface area contributed by atoms with E-state index in [1.807, 2.05) is 24.3 Å². The molecular formula is C15H22N2O2. The molecule has 4 nitrogen and oxygen atoms in total. The van der Waals surface area contributed by atoms with Crippen LogP contribution in [0, 0.1) is 0 Å². The molecule has 1 saturated heterocycles. The van der Waals surface area contributed by atoms with E-state index in [0.29, 0.717) is 12.5 Å². The molecule has 1 aliphatic rings. The standard InChI is InChI=1S/C15H22N2O2/c1-19-14-7-3-2-5-12(14)11-15(18)17-10-8-13-6-4-9-16-13/h2-3,5,7,13,16H,4,6,8-11H2,1H3,(H,17,18)/t13-/m1/s1. The first-order valence-electron chi connectivity index (χ1n) is 6.91. The minimum absolute atomic E-state index is 0.0579. The summed E-state index contributed by atoms with van der Waals surface area (Å²) in [6.45, 7) is 1.85. The maximum atomic E-state index is 11.9. The highest BCUT2D eigenvalue weighted by Gasteiger charge is 2.14. The summed E-state index contributed by atoms with van der Waals surface area (Å²) < 4.78 is 5.24. The van der Waals surface area contributed by atoms with Crippen LogP contribution in [0.15, 0.2) is 24.3 Å². The molecule has 1 aromatic carbocycles. The summed E-state index contributed by atoms with van der Waals surface area (Å²) in [7, 11) is 1.63. The van der Waals surface area contributed by atoms with Crippen molar-refractivity contribution in [3.05, 3.63) is 29.8 Å². The summed E-state index contributed by atoms with van der Waals surface area (Å²) in [6.07, 6.45) is 3.86. The molecule has 1 heterocycles. The van der Waals surface area contributed by atoms with E-state index in [0.717, 1.165) is 30.8 Å². The molecule has 0 saturated carbocycles. The highest BCUT2D eigenvalue weighted by Crippen LogP contribution is 2.17. The molecule has 1 amide bonds.